The van der Waals surface area contributed by atoms with E-state index in [-0.39, 0.29) is 36.9 Å². The molecule has 3 aliphatic heterocycles. The van der Waals surface area contributed by atoms with Crippen LogP contribution in [0.1, 0.15) is 190 Å². The van der Waals surface area contributed by atoms with Crippen molar-refractivity contribution in [3.63, 3.8) is 0 Å². The Balaban J connectivity index is 0.000000162. The molecule has 6 fully saturated rings. The van der Waals surface area contributed by atoms with Gasteiger partial charge in [-0.3, -0.25) is 33.6 Å². The highest BCUT2D eigenvalue weighted by Gasteiger charge is 2.47. The SMILES string of the molecule is NCc1cccc(C2CCN(C(=O)c3cccc(NC(=O)C(O)C4(O)CCC4)c3)CC2)c1.O=C(NCc1cccc(C2CCN(C(=O)c3cccc(NC(=O)C(=O)C4(O)CCC4)c3)CC2)c1)OCc1ccccc1.O=C(NCc1cccc(C2CCN(C(=O)c3cccc(NC(=O)C(O)C4(O)CCC4)c3)CC2)c1)OCc1ccccc1. The Bertz CT molecular complexity index is 4760. The van der Waals surface area contributed by atoms with Crippen molar-refractivity contribution in [2.45, 2.75) is 176 Å². The molecular formula is C91H103N9O16. The molecule has 6 aliphatic rings. The number of hydrogen-bond acceptors (Lipinski definition) is 17. The van der Waals surface area contributed by atoms with Gasteiger partial charge < -0.3 is 82.0 Å². The van der Waals surface area contributed by atoms with E-state index in [1.54, 1.807) is 77.7 Å². The fraction of sp³-hybridized carbons (Fsp3) is 0.374. The van der Waals surface area contributed by atoms with Crippen LogP contribution in [0.5, 0.6) is 0 Å². The van der Waals surface area contributed by atoms with E-state index >= 15 is 0 Å². The minimum Gasteiger partial charge on any atom is -0.445 e. The number of hydrogen-bond donors (Lipinski definition) is 11. The van der Waals surface area contributed by atoms with Crippen LogP contribution in [0, 0.1) is 0 Å². The van der Waals surface area contributed by atoms with Gasteiger partial charge in [0.05, 0.1) is 11.2 Å². The smallest absolute Gasteiger partial charge is 0.407 e. The summed E-state index contributed by atoms with van der Waals surface area (Å²) in [6.45, 7) is 5.37. The number of benzene rings is 8. The number of carbonyl (C=O) groups excluding carboxylic acids is 9. The summed E-state index contributed by atoms with van der Waals surface area (Å²) in [6.07, 6.45) is 5.53. The third-order valence-corrected chi connectivity index (χ3v) is 23.0. The van der Waals surface area contributed by atoms with Gasteiger partial charge in [-0.15, -0.1) is 0 Å². The largest absolute Gasteiger partial charge is 0.445 e. The minimum absolute atomic E-state index is 0.0755. The lowest BCUT2D eigenvalue weighted by Crippen LogP contribution is -2.53. The predicted molar refractivity (Wildman–Crippen MR) is 436 cm³/mol. The van der Waals surface area contributed by atoms with Crippen LogP contribution in [0.4, 0.5) is 26.7 Å². The second-order valence-electron chi connectivity index (χ2n) is 31.1. The van der Waals surface area contributed by atoms with Gasteiger partial charge >= 0.3 is 12.2 Å². The Morgan fingerprint density at radius 3 is 1.03 bits per heavy atom. The van der Waals surface area contributed by atoms with Crippen LogP contribution in [0.25, 0.3) is 0 Å². The quantitative estimate of drug-likeness (QED) is 0.0250. The predicted octanol–water partition coefficient (Wildman–Crippen LogP) is 11.3. The van der Waals surface area contributed by atoms with Gasteiger partial charge in [0.1, 0.15) is 18.8 Å². The monoisotopic (exact) mass is 1580 g/mol. The van der Waals surface area contributed by atoms with Crippen LogP contribution >= 0.6 is 0 Å². The van der Waals surface area contributed by atoms with E-state index in [2.05, 4.69) is 63.0 Å². The third-order valence-electron chi connectivity index (χ3n) is 23.0. The van der Waals surface area contributed by atoms with Gasteiger partial charge in [0, 0.05) is 92.7 Å². The Hall–Kier alpha value is -11.5. The number of carbonyl (C=O) groups is 9. The van der Waals surface area contributed by atoms with Crippen LogP contribution in [0.2, 0.25) is 0 Å². The summed E-state index contributed by atoms with van der Waals surface area (Å²) in [7, 11) is 0. The molecule has 3 saturated carbocycles. The first-order valence-corrected chi connectivity index (χ1v) is 40.1. The summed E-state index contributed by atoms with van der Waals surface area (Å²) in [6, 6.07) is 63.5. The number of ketones is 1. The fourth-order valence-electron chi connectivity index (χ4n) is 15.4. The molecular weight excluding hydrogens is 1480 g/mol. The van der Waals surface area contributed by atoms with Gasteiger partial charge in [-0.2, -0.15) is 0 Å². The molecule has 3 heterocycles. The zero-order valence-corrected chi connectivity index (χ0v) is 65.0. The summed E-state index contributed by atoms with van der Waals surface area (Å²) >= 11 is 0. The Morgan fingerprint density at radius 1 is 0.388 bits per heavy atom. The second kappa shape index (κ2) is 39.3. The van der Waals surface area contributed by atoms with Crippen molar-refractivity contribution in [1.82, 2.24) is 25.3 Å². The number of nitrogens with zero attached hydrogens (tertiary/aromatic N) is 3. The highest BCUT2D eigenvalue weighted by molar-refractivity contribution is 6.43. The van der Waals surface area contributed by atoms with E-state index in [0.717, 1.165) is 79.2 Å². The normalized spacial score (nSPS) is 17.3. The van der Waals surface area contributed by atoms with Gasteiger partial charge in [0.25, 0.3) is 41.2 Å². The topological polar surface area (TPSA) is 369 Å². The molecule has 116 heavy (non-hydrogen) atoms. The van der Waals surface area contributed by atoms with Crippen molar-refractivity contribution in [3.8, 4) is 0 Å². The number of nitrogens with two attached hydrogens (primary N) is 1. The first-order valence-electron chi connectivity index (χ1n) is 40.1. The molecule has 0 bridgehead atoms. The maximum atomic E-state index is 13.2. The van der Waals surface area contributed by atoms with E-state index in [4.69, 9.17) is 15.2 Å². The first kappa shape index (κ1) is 84.0. The van der Waals surface area contributed by atoms with Crippen LogP contribution in [0.3, 0.4) is 0 Å². The number of aliphatic hydroxyl groups is 5. The standard InChI is InChI=1S/C33H37N3O6.C33H35N3O6.C25H31N3O4/c2*37-29(33(41)15-6-16-33)30(38)35-28-12-5-11-27(20-28)31(39)36-17-13-25(14-18-36)26-10-4-9-24(19-26)21-34-32(40)42-22-23-7-2-1-3-8-23;26-16-17-4-1-5-19(14-17)18-8-12-28(13-9-18)24(31)20-6-2-7-21(15-20)27-23(30)22(29)25(32)10-3-11-25/h1-5,7-12,19-20,25,29,37,41H,6,13-18,21-22H2,(H,34,40)(H,35,38);1-5,7-12,19-20,25,41H,6,13-18,21-22H2,(H,34,40)(H,35,38);1-2,4-7,14-15,18,22,29,32H,3,8-13,16,26H2,(H,27,30). The Kier molecular flexibility index (Phi) is 28.4. The molecule has 8 aromatic carbocycles. The zero-order chi connectivity index (χ0) is 81.8. The number of Topliss-reactive ketones (excluding diaryl/α,β-unsaturated/α-hetero) is 1. The summed E-state index contributed by atoms with van der Waals surface area (Å²) in [5, 5.41) is 64.4. The highest BCUT2D eigenvalue weighted by Crippen LogP contribution is 2.39. The average molecular weight is 1580 g/mol. The molecule has 608 valence electrons. The number of ether oxygens (including phenoxy) is 2. The summed E-state index contributed by atoms with van der Waals surface area (Å²) in [5.74, 6) is -2.38. The number of rotatable bonds is 24. The Morgan fingerprint density at radius 2 is 0.707 bits per heavy atom. The molecule has 0 aromatic heterocycles. The molecule has 2 unspecified atom stereocenters. The van der Waals surface area contributed by atoms with Gasteiger partial charge in [-0.25, -0.2) is 9.59 Å². The highest BCUT2D eigenvalue weighted by atomic mass is 16.6. The van der Waals surface area contributed by atoms with Crippen molar-refractivity contribution < 1.29 is 78.2 Å². The lowest BCUT2D eigenvalue weighted by atomic mass is 9.76. The van der Waals surface area contributed by atoms with E-state index < -0.39 is 64.7 Å². The number of alkyl carbamates (subject to hydrolysis) is 2. The van der Waals surface area contributed by atoms with Crippen LogP contribution in [-0.4, -0.2) is 162 Å². The summed E-state index contributed by atoms with van der Waals surface area (Å²) < 4.78 is 10.6. The molecule has 8 aromatic rings. The molecule has 8 amide bonds. The van der Waals surface area contributed by atoms with E-state index in [9.17, 15) is 68.7 Å². The Labute approximate surface area is 675 Å². The molecule has 25 nitrogen and oxygen atoms in total. The molecule has 3 saturated heterocycles. The lowest BCUT2D eigenvalue weighted by molar-refractivity contribution is -0.154. The van der Waals surface area contributed by atoms with Crippen molar-refractivity contribution in [3.05, 3.63) is 267 Å². The van der Waals surface area contributed by atoms with Gasteiger partial charge in [0.15, 0.2) is 12.2 Å². The van der Waals surface area contributed by atoms with E-state index in [1.807, 2.05) is 107 Å². The first-order chi connectivity index (χ1) is 56.0. The zero-order valence-electron chi connectivity index (χ0n) is 65.0. The molecule has 0 spiro atoms. The van der Waals surface area contributed by atoms with Gasteiger partial charge in [-0.05, 0) is 213 Å². The lowest BCUT2D eigenvalue weighted by Gasteiger charge is -2.39. The molecule has 2 atom stereocenters. The number of likely N-dealkylation sites (tertiary alicyclic amines) is 3. The number of aliphatic hydroxyl groups excluding tert-OH is 2. The molecule has 3 aliphatic carbocycles. The summed E-state index contributed by atoms with van der Waals surface area (Å²) in [4.78, 5) is 119. The molecule has 0 radical (unpaired) electrons. The summed E-state index contributed by atoms with van der Waals surface area (Å²) in [5.41, 5.74) is 12.6. The van der Waals surface area contributed by atoms with Gasteiger partial charge in [0.2, 0.25) is 0 Å². The van der Waals surface area contributed by atoms with Crippen LogP contribution in [0.15, 0.2) is 206 Å². The minimum atomic E-state index is -1.56. The number of anilines is 3. The van der Waals surface area contributed by atoms with E-state index in [0.29, 0.717) is 149 Å². The van der Waals surface area contributed by atoms with Crippen LogP contribution < -0.4 is 32.3 Å². The second-order valence-corrected chi connectivity index (χ2v) is 31.1. The fourth-order valence-corrected chi connectivity index (χ4v) is 15.4. The number of amides is 8. The van der Waals surface area contributed by atoms with Gasteiger partial charge in [-0.1, -0.05) is 152 Å². The molecule has 12 N–H and O–H groups in total. The number of nitrogens with one attached hydrogen (secondary N) is 5. The molecule has 25 heteroatoms. The van der Waals surface area contributed by atoms with Crippen molar-refractivity contribution in [2.24, 2.45) is 5.73 Å². The maximum Gasteiger partial charge on any atom is 0.407 e. The van der Waals surface area contributed by atoms with Crippen molar-refractivity contribution >= 4 is 70.5 Å². The molecule has 14 rings (SSSR count). The maximum absolute atomic E-state index is 13.2. The number of piperidine rings is 3. The van der Waals surface area contributed by atoms with Crippen molar-refractivity contribution in [1.29, 1.82) is 0 Å². The third kappa shape index (κ3) is 22.1. The van der Waals surface area contributed by atoms with Crippen molar-refractivity contribution in [2.75, 3.05) is 55.2 Å². The van der Waals surface area contributed by atoms with E-state index in [1.165, 1.54) is 16.7 Å². The van der Waals surface area contributed by atoms with Crippen LogP contribution in [-0.2, 0) is 61.5 Å². The average Bonchev–Trinajstić information content (AvgIpc) is 0.811.